The lowest BCUT2D eigenvalue weighted by atomic mass is 9.95. The maximum absolute atomic E-state index is 13.5. The first-order valence-electron chi connectivity index (χ1n) is 10.1. The van der Waals surface area contributed by atoms with Crippen LogP contribution < -0.4 is 0 Å². The number of rotatable bonds is 2. The molecule has 0 bridgehead atoms. The number of nitrogens with zero attached hydrogens (tertiary/aromatic N) is 3. The zero-order valence-corrected chi connectivity index (χ0v) is 15.8. The molecule has 1 aromatic carbocycles. The first-order valence-corrected chi connectivity index (χ1v) is 10.1. The number of hydrogen-bond donors (Lipinski definition) is 0. The van der Waals surface area contributed by atoms with Crippen LogP contribution in [0.15, 0.2) is 18.2 Å². The molecule has 0 saturated carbocycles. The van der Waals surface area contributed by atoms with Crippen molar-refractivity contribution in [1.82, 2.24) is 14.7 Å². The molecule has 4 nitrogen and oxygen atoms in total. The lowest BCUT2D eigenvalue weighted by Crippen LogP contribution is -2.43. The number of alkyl halides is 3. The highest BCUT2D eigenvalue weighted by molar-refractivity contribution is 5.46. The van der Waals surface area contributed by atoms with Crippen molar-refractivity contribution in [3.8, 4) is 5.69 Å². The smallest absolute Gasteiger partial charge is 0.379 e. The SMILES string of the molecule is FC(F)(F)c1nn(-c2ccc3c(c2)C[C@@H](N2CCOCC2)C3)c2c1CCCC2. The van der Waals surface area contributed by atoms with E-state index in [1.807, 2.05) is 6.07 Å². The first kappa shape index (κ1) is 18.2. The monoisotopic (exact) mass is 391 g/mol. The molecule has 2 aromatic rings. The molecule has 1 saturated heterocycles. The predicted molar refractivity (Wildman–Crippen MR) is 98.8 cm³/mol. The van der Waals surface area contributed by atoms with Gasteiger partial charge in [-0.25, -0.2) is 4.68 Å². The maximum Gasteiger partial charge on any atom is 0.435 e. The molecule has 0 unspecified atom stereocenters. The van der Waals surface area contributed by atoms with Crippen LogP contribution in [0.1, 0.15) is 40.9 Å². The molecule has 28 heavy (non-hydrogen) atoms. The fourth-order valence-electron chi connectivity index (χ4n) is 4.95. The molecule has 1 fully saturated rings. The van der Waals surface area contributed by atoms with E-state index in [0.29, 0.717) is 24.4 Å². The van der Waals surface area contributed by atoms with E-state index in [-0.39, 0.29) is 0 Å². The summed E-state index contributed by atoms with van der Waals surface area (Å²) in [6.45, 7) is 3.45. The highest BCUT2D eigenvalue weighted by atomic mass is 19.4. The molecule has 0 radical (unpaired) electrons. The van der Waals surface area contributed by atoms with Gasteiger partial charge in [0.15, 0.2) is 5.69 Å². The quantitative estimate of drug-likeness (QED) is 0.784. The topological polar surface area (TPSA) is 30.3 Å². The van der Waals surface area contributed by atoms with E-state index < -0.39 is 11.9 Å². The molecule has 0 N–H and O–H groups in total. The summed E-state index contributed by atoms with van der Waals surface area (Å²) < 4.78 is 47.5. The second kappa shape index (κ2) is 6.88. The van der Waals surface area contributed by atoms with E-state index >= 15 is 0 Å². The van der Waals surface area contributed by atoms with Gasteiger partial charge >= 0.3 is 6.18 Å². The van der Waals surface area contributed by atoms with Crippen molar-refractivity contribution in [2.75, 3.05) is 26.3 Å². The Balaban J connectivity index is 1.47. The maximum atomic E-state index is 13.5. The molecule has 0 amide bonds. The Labute approximate surface area is 162 Å². The van der Waals surface area contributed by atoms with Gasteiger partial charge in [0.2, 0.25) is 0 Å². The minimum Gasteiger partial charge on any atom is -0.379 e. The summed E-state index contributed by atoms with van der Waals surface area (Å²) in [5.74, 6) is 0. The van der Waals surface area contributed by atoms with Crippen LogP contribution in [0.3, 0.4) is 0 Å². The molecule has 150 valence electrons. The zero-order chi connectivity index (χ0) is 19.3. The van der Waals surface area contributed by atoms with Crippen molar-refractivity contribution in [2.45, 2.75) is 50.7 Å². The Morgan fingerprint density at radius 3 is 2.54 bits per heavy atom. The van der Waals surface area contributed by atoms with Crippen LogP contribution in [0.25, 0.3) is 5.69 Å². The van der Waals surface area contributed by atoms with Gasteiger partial charge in [-0.1, -0.05) is 6.07 Å². The summed E-state index contributed by atoms with van der Waals surface area (Å²) in [6, 6.07) is 6.53. The number of fused-ring (bicyclic) bond motifs is 2. The van der Waals surface area contributed by atoms with Gasteiger partial charge in [0.25, 0.3) is 0 Å². The lowest BCUT2D eigenvalue weighted by molar-refractivity contribution is -0.142. The van der Waals surface area contributed by atoms with Crippen molar-refractivity contribution in [1.29, 1.82) is 0 Å². The van der Waals surface area contributed by atoms with Gasteiger partial charge < -0.3 is 4.74 Å². The Morgan fingerprint density at radius 1 is 1.00 bits per heavy atom. The lowest BCUT2D eigenvalue weighted by Gasteiger charge is -2.32. The van der Waals surface area contributed by atoms with E-state index in [9.17, 15) is 13.2 Å². The Morgan fingerprint density at radius 2 is 1.75 bits per heavy atom. The van der Waals surface area contributed by atoms with Crippen LogP contribution in [-0.2, 0) is 36.6 Å². The average molecular weight is 391 g/mol. The van der Waals surface area contributed by atoms with Gasteiger partial charge in [-0.05, 0) is 61.8 Å². The van der Waals surface area contributed by atoms with E-state index in [2.05, 4.69) is 22.1 Å². The first-order chi connectivity index (χ1) is 13.5. The molecule has 2 aliphatic carbocycles. The Kier molecular flexibility index (Phi) is 4.47. The normalized spacial score (nSPS) is 22.9. The van der Waals surface area contributed by atoms with Crippen LogP contribution in [0.2, 0.25) is 0 Å². The summed E-state index contributed by atoms with van der Waals surface area (Å²) in [5.41, 5.74) is 3.73. The molecular formula is C21H24F3N3O. The minimum atomic E-state index is -4.40. The third kappa shape index (κ3) is 3.14. The van der Waals surface area contributed by atoms with E-state index in [0.717, 1.165) is 63.4 Å². The second-order valence-corrected chi connectivity index (χ2v) is 8.05. The van der Waals surface area contributed by atoms with Crippen LogP contribution >= 0.6 is 0 Å². The van der Waals surface area contributed by atoms with E-state index in [1.165, 1.54) is 11.1 Å². The fourth-order valence-corrected chi connectivity index (χ4v) is 4.95. The molecule has 5 rings (SSSR count). The zero-order valence-electron chi connectivity index (χ0n) is 15.8. The minimum absolute atomic E-state index is 0.394. The molecule has 1 atom stereocenters. The molecular weight excluding hydrogens is 367 g/mol. The van der Waals surface area contributed by atoms with Crippen LogP contribution in [0.4, 0.5) is 13.2 Å². The summed E-state index contributed by atoms with van der Waals surface area (Å²) in [5, 5.41) is 4.03. The molecule has 7 heteroatoms. The van der Waals surface area contributed by atoms with Gasteiger partial charge in [0.05, 0.1) is 18.9 Å². The predicted octanol–water partition coefficient (Wildman–Crippen LogP) is 3.57. The standard InChI is InChI=1S/C21H24F3N3O/c22-21(23,24)20-18-3-1-2-4-19(18)27(25-20)16-6-5-14-11-17(13-15(14)12-16)26-7-9-28-10-8-26/h5-6,12,17H,1-4,7-11,13H2/t17-/m0/s1. The fraction of sp³-hybridized carbons (Fsp3) is 0.571. The molecule has 1 aromatic heterocycles. The van der Waals surface area contributed by atoms with Crippen LogP contribution in [-0.4, -0.2) is 47.0 Å². The second-order valence-electron chi connectivity index (χ2n) is 8.05. The molecule has 1 aliphatic heterocycles. The third-order valence-corrected chi connectivity index (χ3v) is 6.36. The van der Waals surface area contributed by atoms with Crippen molar-refractivity contribution in [3.05, 3.63) is 46.3 Å². The molecule has 3 aliphatic rings. The van der Waals surface area contributed by atoms with Gasteiger partial charge in [-0.3, -0.25) is 4.90 Å². The third-order valence-electron chi connectivity index (χ3n) is 6.36. The van der Waals surface area contributed by atoms with Crippen LogP contribution in [0.5, 0.6) is 0 Å². The number of benzene rings is 1. The van der Waals surface area contributed by atoms with Gasteiger partial charge in [-0.2, -0.15) is 18.3 Å². The van der Waals surface area contributed by atoms with E-state index in [1.54, 1.807) is 4.68 Å². The van der Waals surface area contributed by atoms with Crippen LogP contribution in [0, 0.1) is 0 Å². The highest BCUT2D eigenvalue weighted by Gasteiger charge is 2.40. The summed E-state index contributed by atoms with van der Waals surface area (Å²) >= 11 is 0. The molecule has 0 spiro atoms. The average Bonchev–Trinajstić information content (AvgIpc) is 3.29. The number of hydrogen-bond acceptors (Lipinski definition) is 3. The van der Waals surface area contributed by atoms with Gasteiger partial charge in [0.1, 0.15) is 0 Å². The number of morpholine rings is 1. The van der Waals surface area contributed by atoms with Crippen molar-refractivity contribution in [2.24, 2.45) is 0 Å². The number of ether oxygens (including phenoxy) is 1. The summed E-state index contributed by atoms with van der Waals surface area (Å²) in [7, 11) is 0. The largest absolute Gasteiger partial charge is 0.435 e. The Hall–Kier alpha value is -1.86. The number of aromatic nitrogens is 2. The van der Waals surface area contributed by atoms with Crippen molar-refractivity contribution >= 4 is 0 Å². The summed E-state index contributed by atoms with van der Waals surface area (Å²) in [6.07, 6.45) is 0.386. The number of halogens is 3. The van der Waals surface area contributed by atoms with Crippen molar-refractivity contribution in [3.63, 3.8) is 0 Å². The summed E-state index contributed by atoms with van der Waals surface area (Å²) in [4.78, 5) is 2.47. The Bertz CT molecular complexity index is 884. The van der Waals surface area contributed by atoms with Gasteiger partial charge in [-0.15, -0.1) is 0 Å². The van der Waals surface area contributed by atoms with E-state index in [4.69, 9.17) is 4.74 Å². The highest BCUT2D eigenvalue weighted by Crippen LogP contribution is 2.37. The van der Waals surface area contributed by atoms with Gasteiger partial charge in [0, 0.05) is 30.4 Å². The van der Waals surface area contributed by atoms with Crippen molar-refractivity contribution < 1.29 is 17.9 Å². The molecule has 2 heterocycles.